The molecular formula is C7H9F3N4. The molecule has 0 bridgehead atoms. The number of hydrogen-bond acceptors (Lipinski definition) is 4. The summed E-state index contributed by atoms with van der Waals surface area (Å²) in [5.41, 5.74) is 10.9. The standard InChI is InChI=1S/C7H9F3N4/c8-7(9,10)3-13-5-2-1-4(11)6(12)14-5/h1-2H,3,11H2,(H3,12,13,14). The van der Waals surface area contributed by atoms with Crippen molar-refractivity contribution >= 4 is 17.3 Å². The number of nitrogens with zero attached hydrogens (tertiary/aromatic N) is 1. The van der Waals surface area contributed by atoms with E-state index < -0.39 is 12.7 Å². The lowest BCUT2D eigenvalue weighted by molar-refractivity contribution is -0.115. The average Bonchev–Trinajstić information content (AvgIpc) is 2.06. The van der Waals surface area contributed by atoms with Gasteiger partial charge in [-0.25, -0.2) is 4.98 Å². The molecule has 4 nitrogen and oxygen atoms in total. The van der Waals surface area contributed by atoms with E-state index in [0.29, 0.717) is 0 Å². The second-order valence-electron chi connectivity index (χ2n) is 2.64. The predicted molar refractivity (Wildman–Crippen MR) is 47.6 cm³/mol. The topological polar surface area (TPSA) is 77.0 Å². The van der Waals surface area contributed by atoms with Gasteiger partial charge >= 0.3 is 6.18 Å². The number of nitrogen functional groups attached to an aromatic ring is 2. The van der Waals surface area contributed by atoms with Crippen molar-refractivity contribution in [2.75, 3.05) is 23.3 Å². The summed E-state index contributed by atoms with van der Waals surface area (Å²) in [4.78, 5) is 3.62. The molecule has 0 aliphatic heterocycles. The number of rotatable bonds is 2. The molecule has 0 fully saturated rings. The van der Waals surface area contributed by atoms with Crippen LogP contribution in [0.2, 0.25) is 0 Å². The Morgan fingerprint density at radius 1 is 1.29 bits per heavy atom. The van der Waals surface area contributed by atoms with E-state index >= 15 is 0 Å². The second-order valence-corrected chi connectivity index (χ2v) is 2.64. The van der Waals surface area contributed by atoms with Crippen molar-refractivity contribution in [3.8, 4) is 0 Å². The zero-order valence-corrected chi connectivity index (χ0v) is 7.10. The number of hydrogen-bond donors (Lipinski definition) is 3. The molecule has 0 radical (unpaired) electrons. The van der Waals surface area contributed by atoms with Crippen LogP contribution in [0.4, 0.5) is 30.5 Å². The number of nitrogens with one attached hydrogen (secondary N) is 1. The molecule has 78 valence electrons. The van der Waals surface area contributed by atoms with Crippen LogP contribution in [0.25, 0.3) is 0 Å². The molecule has 0 saturated carbocycles. The molecule has 0 aliphatic carbocycles. The lowest BCUT2D eigenvalue weighted by Crippen LogP contribution is -2.21. The first-order valence-corrected chi connectivity index (χ1v) is 3.71. The number of aromatic nitrogens is 1. The van der Waals surface area contributed by atoms with Gasteiger partial charge in [-0.3, -0.25) is 0 Å². The van der Waals surface area contributed by atoms with E-state index in [1.807, 2.05) is 0 Å². The maximum absolute atomic E-state index is 11.8. The summed E-state index contributed by atoms with van der Waals surface area (Å²) in [6.07, 6.45) is -4.28. The van der Waals surface area contributed by atoms with Gasteiger partial charge in [0.05, 0.1) is 5.69 Å². The molecular weight excluding hydrogens is 197 g/mol. The third-order valence-corrected chi connectivity index (χ3v) is 1.43. The smallest absolute Gasteiger partial charge is 0.396 e. The highest BCUT2D eigenvalue weighted by atomic mass is 19.4. The molecule has 0 atom stereocenters. The molecule has 5 N–H and O–H groups in total. The number of anilines is 3. The van der Waals surface area contributed by atoms with Gasteiger partial charge in [-0.1, -0.05) is 0 Å². The van der Waals surface area contributed by atoms with Gasteiger partial charge < -0.3 is 16.8 Å². The molecule has 1 aromatic heterocycles. The summed E-state index contributed by atoms with van der Waals surface area (Å²) >= 11 is 0. The molecule has 0 aliphatic rings. The molecule has 1 rings (SSSR count). The highest BCUT2D eigenvalue weighted by Crippen LogP contribution is 2.18. The number of alkyl halides is 3. The fourth-order valence-electron chi connectivity index (χ4n) is 0.775. The molecule has 7 heteroatoms. The Hall–Kier alpha value is -1.66. The average molecular weight is 206 g/mol. The normalized spacial score (nSPS) is 11.4. The number of pyridine rings is 1. The van der Waals surface area contributed by atoms with Crippen molar-refractivity contribution in [3.63, 3.8) is 0 Å². The van der Waals surface area contributed by atoms with E-state index in [0.717, 1.165) is 0 Å². The zero-order valence-electron chi connectivity index (χ0n) is 7.10. The molecule has 0 aromatic carbocycles. The van der Waals surface area contributed by atoms with Crippen molar-refractivity contribution in [3.05, 3.63) is 12.1 Å². The van der Waals surface area contributed by atoms with Crippen LogP contribution in [-0.4, -0.2) is 17.7 Å². The van der Waals surface area contributed by atoms with E-state index in [9.17, 15) is 13.2 Å². The third-order valence-electron chi connectivity index (χ3n) is 1.43. The fourth-order valence-corrected chi connectivity index (χ4v) is 0.775. The Labute approximate surface area is 78.1 Å². The van der Waals surface area contributed by atoms with Crippen LogP contribution < -0.4 is 16.8 Å². The maximum atomic E-state index is 11.8. The Balaban J connectivity index is 2.65. The van der Waals surface area contributed by atoms with Crippen LogP contribution in [0.3, 0.4) is 0 Å². The van der Waals surface area contributed by atoms with Crippen molar-refractivity contribution in [1.29, 1.82) is 0 Å². The molecule has 1 aromatic rings. The van der Waals surface area contributed by atoms with Gasteiger partial charge in [0.2, 0.25) is 0 Å². The van der Waals surface area contributed by atoms with Crippen LogP contribution in [0.5, 0.6) is 0 Å². The minimum absolute atomic E-state index is 0.0113. The Morgan fingerprint density at radius 3 is 2.43 bits per heavy atom. The fraction of sp³-hybridized carbons (Fsp3) is 0.286. The third kappa shape index (κ3) is 3.00. The Kier molecular flexibility index (Phi) is 2.68. The summed E-state index contributed by atoms with van der Waals surface area (Å²) in [6, 6.07) is 2.72. The van der Waals surface area contributed by atoms with Crippen molar-refractivity contribution in [2.24, 2.45) is 0 Å². The number of nitrogens with two attached hydrogens (primary N) is 2. The van der Waals surface area contributed by atoms with Gasteiger partial charge in [0.1, 0.15) is 18.2 Å². The summed E-state index contributed by atoms with van der Waals surface area (Å²) in [6.45, 7) is -1.15. The molecule has 0 unspecified atom stereocenters. The van der Waals surface area contributed by atoms with Gasteiger partial charge in [0.25, 0.3) is 0 Å². The van der Waals surface area contributed by atoms with E-state index in [1.54, 1.807) is 0 Å². The minimum Gasteiger partial charge on any atom is -0.396 e. The first-order valence-electron chi connectivity index (χ1n) is 3.71. The van der Waals surface area contributed by atoms with Crippen LogP contribution in [-0.2, 0) is 0 Å². The Bertz CT molecular complexity index is 323. The summed E-state index contributed by atoms with van der Waals surface area (Å²) in [5, 5.41) is 2.08. The van der Waals surface area contributed by atoms with Crippen molar-refractivity contribution in [1.82, 2.24) is 4.98 Å². The van der Waals surface area contributed by atoms with Crippen molar-refractivity contribution in [2.45, 2.75) is 6.18 Å². The van der Waals surface area contributed by atoms with Gasteiger partial charge in [-0.15, -0.1) is 0 Å². The molecule has 0 spiro atoms. The lowest BCUT2D eigenvalue weighted by Gasteiger charge is -2.09. The van der Waals surface area contributed by atoms with Gasteiger partial charge in [0, 0.05) is 0 Å². The maximum Gasteiger partial charge on any atom is 0.405 e. The van der Waals surface area contributed by atoms with E-state index in [-0.39, 0.29) is 17.3 Å². The highest BCUT2D eigenvalue weighted by molar-refractivity contribution is 5.61. The highest BCUT2D eigenvalue weighted by Gasteiger charge is 2.26. The largest absolute Gasteiger partial charge is 0.405 e. The van der Waals surface area contributed by atoms with Crippen molar-refractivity contribution < 1.29 is 13.2 Å². The first kappa shape index (κ1) is 10.4. The lowest BCUT2D eigenvalue weighted by atomic mass is 10.4. The summed E-state index contributed by atoms with van der Waals surface area (Å²) in [7, 11) is 0. The minimum atomic E-state index is -4.28. The number of halogens is 3. The van der Waals surface area contributed by atoms with Crippen LogP contribution in [0.1, 0.15) is 0 Å². The molecule has 0 saturated heterocycles. The zero-order chi connectivity index (χ0) is 10.8. The van der Waals surface area contributed by atoms with Gasteiger partial charge in [0.15, 0.2) is 0 Å². The van der Waals surface area contributed by atoms with Gasteiger partial charge in [-0.2, -0.15) is 13.2 Å². The SMILES string of the molecule is Nc1ccc(NCC(F)(F)F)nc1N. The quantitative estimate of drug-likeness (QED) is 0.679. The molecule has 1 heterocycles. The molecule has 0 amide bonds. The Morgan fingerprint density at radius 2 is 1.93 bits per heavy atom. The van der Waals surface area contributed by atoms with Crippen LogP contribution >= 0.6 is 0 Å². The van der Waals surface area contributed by atoms with E-state index in [2.05, 4.69) is 10.3 Å². The monoisotopic (exact) mass is 206 g/mol. The summed E-state index contributed by atoms with van der Waals surface area (Å²) in [5.74, 6) is 0.0613. The first-order chi connectivity index (χ1) is 6.38. The van der Waals surface area contributed by atoms with Crippen LogP contribution in [0, 0.1) is 0 Å². The predicted octanol–water partition coefficient (Wildman–Crippen LogP) is 1.22. The summed E-state index contributed by atoms with van der Waals surface area (Å²) < 4.78 is 35.3. The molecule has 14 heavy (non-hydrogen) atoms. The van der Waals surface area contributed by atoms with Gasteiger partial charge in [-0.05, 0) is 12.1 Å². The van der Waals surface area contributed by atoms with E-state index in [1.165, 1.54) is 12.1 Å². The van der Waals surface area contributed by atoms with Crippen LogP contribution in [0.15, 0.2) is 12.1 Å². The second kappa shape index (κ2) is 3.60. The van der Waals surface area contributed by atoms with E-state index in [4.69, 9.17) is 11.5 Å².